The van der Waals surface area contributed by atoms with Crippen LogP contribution in [0.15, 0.2) is 59.5 Å². The number of fused-ring (bicyclic) bond motifs is 3. The number of benzene rings is 2. The summed E-state index contributed by atoms with van der Waals surface area (Å²) in [5.41, 5.74) is 8.76. The summed E-state index contributed by atoms with van der Waals surface area (Å²) >= 11 is 0. The molecule has 0 fully saturated rings. The molecular weight excluding hydrogens is 398 g/mol. The third-order valence-electron chi connectivity index (χ3n) is 5.16. The fourth-order valence-electron chi connectivity index (χ4n) is 3.70. The van der Waals surface area contributed by atoms with Gasteiger partial charge in [-0.2, -0.15) is 0 Å². The molecule has 4 rings (SSSR count). The number of nitrogens with one attached hydrogen (secondary N) is 1. The lowest BCUT2D eigenvalue weighted by Crippen LogP contribution is -2.25. The van der Waals surface area contributed by atoms with Gasteiger partial charge in [-0.25, -0.2) is 23.1 Å². The van der Waals surface area contributed by atoms with Crippen LogP contribution in [0.4, 0.5) is 5.82 Å². The first-order valence-corrected chi connectivity index (χ1v) is 11.6. The van der Waals surface area contributed by atoms with Crippen LogP contribution in [-0.2, 0) is 23.0 Å². The standard InChI is InChI=1S/C22H25N5O2S/c1-2-19-26-20-21(17-12-6-7-13-18(17)25-22(20)23)27(19)15-9-8-14-24-30(28,29)16-10-4-3-5-11-16/h3-7,10-13,24H,2,8-9,14-15H2,1H3,(H2,23,25). The molecule has 0 unspecified atom stereocenters. The number of anilines is 1. The number of nitrogen functional groups attached to an aromatic ring is 1. The van der Waals surface area contributed by atoms with Crippen molar-refractivity contribution in [3.8, 4) is 0 Å². The van der Waals surface area contributed by atoms with Gasteiger partial charge in [-0.15, -0.1) is 0 Å². The smallest absolute Gasteiger partial charge is 0.240 e. The van der Waals surface area contributed by atoms with E-state index >= 15 is 0 Å². The molecule has 8 heteroatoms. The van der Waals surface area contributed by atoms with Crippen LogP contribution in [0.5, 0.6) is 0 Å². The first-order chi connectivity index (χ1) is 14.5. The molecule has 7 nitrogen and oxygen atoms in total. The first kappa shape index (κ1) is 20.3. The molecule has 0 radical (unpaired) electrons. The Labute approximate surface area is 176 Å². The summed E-state index contributed by atoms with van der Waals surface area (Å²) in [5, 5.41) is 1.03. The molecule has 0 saturated carbocycles. The van der Waals surface area contributed by atoms with Gasteiger partial charge in [-0.1, -0.05) is 43.3 Å². The molecule has 0 aliphatic heterocycles. The molecule has 156 valence electrons. The zero-order valence-corrected chi connectivity index (χ0v) is 17.7. The van der Waals surface area contributed by atoms with Crippen LogP contribution in [0.1, 0.15) is 25.6 Å². The van der Waals surface area contributed by atoms with Gasteiger partial charge in [-0.3, -0.25) is 0 Å². The predicted molar refractivity (Wildman–Crippen MR) is 120 cm³/mol. The van der Waals surface area contributed by atoms with Gasteiger partial charge in [0.2, 0.25) is 10.0 Å². The largest absolute Gasteiger partial charge is 0.382 e. The van der Waals surface area contributed by atoms with Crippen molar-refractivity contribution < 1.29 is 8.42 Å². The Hall–Kier alpha value is -2.97. The third-order valence-corrected chi connectivity index (χ3v) is 6.64. The van der Waals surface area contributed by atoms with Gasteiger partial charge in [0, 0.05) is 24.9 Å². The molecule has 0 aliphatic rings. The maximum atomic E-state index is 12.3. The Balaban J connectivity index is 1.50. The summed E-state index contributed by atoms with van der Waals surface area (Å²) in [6.07, 6.45) is 2.31. The zero-order valence-electron chi connectivity index (χ0n) is 16.9. The Morgan fingerprint density at radius 2 is 1.73 bits per heavy atom. The second-order valence-electron chi connectivity index (χ2n) is 7.16. The first-order valence-electron chi connectivity index (χ1n) is 10.1. The average Bonchev–Trinajstić information content (AvgIpc) is 3.14. The van der Waals surface area contributed by atoms with Crippen molar-refractivity contribution in [2.45, 2.75) is 37.6 Å². The van der Waals surface area contributed by atoms with Crippen molar-refractivity contribution in [2.24, 2.45) is 0 Å². The van der Waals surface area contributed by atoms with E-state index in [-0.39, 0.29) is 4.90 Å². The SMILES string of the molecule is CCc1nc2c(N)nc3ccccc3c2n1CCCCNS(=O)(=O)c1ccccc1. The van der Waals surface area contributed by atoms with Crippen LogP contribution >= 0.6 is 0 Å². The molecule has 4 aromatic rings. The summed E-state index contributed by atoms with van der Waals surface area (Å²) in [7, 11) is -3.47. The third kappa shape index (κ3) is 3.88. The zero-order chi connectivity index (χ0) is 21.1. The number of sulfonamides is 1. The molecule has 0 amide bonds. The highest BCUT2D eigenvalue weighted by atomic mass is 32.2. The van der Waals surface area contributed by atoms with E-state index in [0.29, 0.717) is 18.8 Å². The second-order valence-corrected chi connectivity index (χ2v) is 8.93. The summed E-state index contributed by atoms with van der Waals surface area (Å²) in [4.78, 5) is 9.49. The van der Waals surface area contributed by atoms with E-state index in [1.165, 1.54) is 0 Å². The number of hydrogen-bond donors (Lipinski definition) is 2. The number of para-hydroxylation sites is 1. The van der Waals surface area contributed by atoms with E-state index in [4.69, 9.17) is 10.7 Å². The molecule has 2 aromatic carbocycles. The van der Waals surface area contributed by atoms with Crippen molar-refractivity contribution in [3.05, 3.63) is 60.4 Å². The topological polar surface area (TPSA) is 103 Å². The highest BCUT2D eigenvalue weighted by molar-refractivity contribution is 7.89. The Morgan fingerprint density at radius 1 is 1.00 bits per heavy atom. The normalized spacial score (nSPS) is 12.0. The predicted octanol–water partition coefficient (Wildman–Crippen LogP) is 3.49. The maximum absolute atomic E-state index is 12.3. The van der Waals surface area contributed by atoms with E-state index in [1.807, 2.05) is 24.3 Å². The van der Waals surface area contributed by atoms with Gasteiger partial charge in [0.15, 0.2) is 5.82 Å². The maximum Gasteiger partial charge on any atom is 0.240 e. The number of pyridine rings is 1. The fraction of sp³-hybridized carbons (Fsp3) is 0.273. The van der Waals surface area contributed by atoms with Gasteiger partial charge in [0.25, 0.3) is 0 Å². The lowest BCUT2D eigenvalue weighted by molar-refractivity contribution is 0.564. The fourth-order valence-corrected chi connectivity index (χ4v) is 4.80. The molecule has 0 aliphatic carbocycles. The van der Waals surface area contributed by atoms with Crippen LogP contribution in [0.3, 0.4) is 0 Å². The molecule has 0 saturated heterocycles. The summed E-state index contributed by atoms with van der Waals surface area (Å²) < 4.78 is 29.5. The Bertz CT molecular complexity index is 1280. The van der Waals surface area contributed by atoms with Crippen molar-refractivity contribution in [2.75, 3.05) is 12.3 Å². The van der Waals surface area contributed by atoms with E-state index in [9.17, 15) is 8.42 Å². The number of hydrogen-bond acceptors (Lipinski definition) is 5. The van der Waals surface area contributed by atoms with Gasteiger partial charge in [-0.05, 0) is 31.0 Å². The molecule has 2 aromatic heterocycles. The van der Waals surface area contributed by atoms with Crippen LogP contribution in [0, 0.1) is 0 Å². The number of unbranched alkanes of at least 4 members (excludes halogenated alkanes) is 1. The van der Waals surface area contributed by atoms with Crippen LogP contribution in [-0.4, -0.2) is 29.5 Å². The number of aryl methyl sites for hydroxylation is 2. The van der Waals surface area contributed by atoms with Gasteiger partial charge in [0.05, 0.1) is 15.9 Å². The second kappa shape index (κ2) is 8.41. The average molecular weight is 424 g/mol. The number of aromatic nitrogens is 3. The van der Waals surface area contributed by atoms with Crippen molar-refractivity contribution in [1.82, 2.24) is 19.3 Å². The van der Waals surface area contributed by atoms with Crippen molar-refractivity contribution in [1.29, 1.82) is 0 Å². The molecule has 0 atom stereocenters. The number of rotatable bonds is 8. The minimum absolute atomic E-state index is 0.285. The van der Waals surface area contributed by atoms with Crippen molar-refractivity contribution >= 4 is 37.8 Å². The van der Waals surface area contributed by atoms with Crippen LogP contribution < -0.4 is 10.5 Å². The molecule has 3 N–H and O–H groups in total. The molecule has 30 heavy (non-hydrogen) atoms. The summed E-state index contributed by atoms with van der Waals surface area (Å²) in [6, 6.07) is 16.3. The molecule has 0 spiro atoms. The highest BCUT2D eigenvalue weighted by Gasteiger charge is 2.16. The minimum Gasteiger partial charge on any atom is -0.382 e. The number of nitrogens with two attached hydrogens (primary N) is 1. The van der Waals surface area contributed by atoms with Crippen LogP contribution in [0.2, 0.25) is 0 Å². The highest BCUT2D eigenvalue weighted by Crippen LogP contribution is 2.29. The minimum atomic E-state index is -3.47. The van der Waals surface area contributed by atoms with E-state index in [1.54, 1.807) is 30.3 Å². The summed E-state index contributed by atoms with van der Waals surface area (Å²) in [6.45, 7) is 3.19. The van der Waals surface area contributed by atoms with Gasteiger partial charge < -0.3 is 10.3 Å². The Morgan fingerprint density at radius 3 is 2.50 bits per heavy atom. The van der Waals surface area contributed by atoms with E-state index < -0.39 is 10.0 Å². The lowest BCUT2D eigenvalue weighted by Gasteiger charge is -2.11. The quantitative estimate of drug-likeness (QED) is 0.422. The molecular formula is C22H25N5O2S. The number of nitrogens with zero attached hydrogens (tertiary/aromatic N) is 3. The summed E-state index contributed by atoms with van der Waals surface area (Å²) in [5.74, 6) is 1.40. The molecule has 2 heterocycles. The van der Waals surface area contributed by atoms with E-state index in [2.05, 4.69) is 21.2 Å². The van der Waals surface area contributed by atoms with Crippen LogP contribution in [0.25, 0.3) is 21.9 Å². The van der Waals surface area contributed by atoms with E-state index in [0.717, 1.165) is 47.1 Å². The lowest BCUT2D eigenvalue weighted by atomic mass is 10.2. The number of imidazole rings is 1. The Kier molecular flexibility index (Phi) is 5.69. The monoisotopic (exact) mass is 423 g/mol. The van der Waals surface area contributed by atoms with Gasteiger partial charge >= 0.3 is 0 Å². The van der Waals surface area contributed by atoms with Gasteiger partial charge in [0.1, 0.15) is 11.3 Å². The molecule has 0 bridgehead atoms. The van der Waals surface area contributed by atoms with Crippen molar-refractivity contribution in [3.63, 3.8) is 0 Å².